The Balaban J connectivity index is 2.62. The maximum absolute atomic E-state index is 11.0. The Morgan fingerprint density at radius 1 is 1.00 bits per heavy atom. The molecule has 1 rings (SSSR count). The van der Waals surface area contributed by atoms with Crippen molar-refractivity contribution in [2.45, 2.75) is 32.1 Å². The van der Waals surface area contributed by atoms with E-state index in [-0.39, 0.29) is 5.92 Å². The van der Waals surface area contributed by atoms with E-state index < -0.39 is 17.7 Å². The van der Waals surface area contributed by atoms with Crippen molar-refractivity contribution >= 4 is 11.8 Å². The summed E-state index contributed by atoms with van der Waals surface area (Å²) in [6.07, 6.45) is 5.12. The van der Waals surface area contributed by atoms with E-state index in [4.69, 9.17) is 11.5 Å². The van der Waals surface area contributed by atoms with Crippen molar-refractivity contribution < 1.29 is 9.59 Å². The minimum Gasteiger partial charge on any atom is -0.369 e. The third-order valence-corrected chi connectivity index (χ3v) is 2.73. The lowest BCUT2D eigenvalue weighted by Crippen LogP contribution is -2.40. The van der Waals surface area contributed by atoms with Gasteiger partial charge in [0.1, 0.15) is 5.92 Å². The number of rotatable bonds is 3. The smallest absolute Gasteiger partial charge is 0.230 e. The van der Waals surface area contributed by atoms with Gasteiger partial charge in [-0.1, -0.05) is 19.3 Å². The van der Waals surface area contributed by atoms with Gasteiger partial charge in [-0.25, -0.2) is 0 Å². The number of carbonyl (C=O) groups is 2. The van der Waals surface area contributed by atoms with Gasteiger partial charge >= 0.3 is 0 Å². The van der Waals surface area contributed by atoms with Gasteiger partial charge < -0.3 is 11.5 Å². The molecule has 13 heavy (non-hydrogen) atoms. The molecule has 0 aromatic rings. The highest BCUT2D eigenvalue weighted by molar-refractivity contribution is 5.99. The van der Waals surface area contributed by atoms with Gasteiger partial charge in [0, 0.05) is 0 Å². The summed E-state index contributed by atoms with van der Waals surface area (Å²) in [4.78, 5) is 21.9. The van der Waals surface area contributed by atoms with Crippen LogP contribution in [0.4, 0.5) is 0 Å². The largest absolute Gasteiger partial charge is 0.369 e. The number of primary amides is 2. The lowest BCUT2D eigenvalue weighted by Gasteiger charge is -2.25. The Bertz CT molecular complexity index is 196. The molecule has 0 radical (unpaired) electrons. The maximum atomic E-state index is 11.0. The van der Waals surface area contributed by atoms with Gasteiger partial charge in [0.05, 0.1) is 0 Å². The van der Waals surface area contributed by atoms with Gasteiger partial charge in [-0.2, -0.15) is 0 Å². The van der Waals surface area contributed by atoms with Gasteiger partial charge in [-0.15, -0.1) is 0 Å². The average Bonchev–Trinajstić information content (AvgIpc) is 2.04. The van der Waals surface area contributed by atoms with Crippen LogP contribution in [0, 0.1) is 11.8 Å². The molecule has 1 aliphatic rings. The van der Waals surface area contributed by atoms with E-state index >= 15 is 0 Å². The molecule has 1 fully saturated rings. The monoisotopic (exact) mass is 184 g/mol. The van der Waals surface area contributed by atoms with E-state index in [1.165, 1.54) is 6.42 Å². The minimum absolute atomic E-state index is 0.0868. The van der Waals surface area contributed by atoms with Gasteiger partial charge in [0.15, 0.2) is 0 Å². The summed E-state index contributed by atoms with van der Waals surface area (Å²) in [6, 6.07) is 0. The number of hydrogen-bond donors (Lipinski definition) is 2. The summed E-state index contributed by atoms with van der Waals surface area (Å²) >= 11 is 0. The van der Waals surface area contributed by atoms with Crippen LogP contribution in [0.5, 0.6) is 0 Å². The highest BCUT2D eigenvalue weighted by Gasteiger charge is 2.32. The van der Waals surface area contributed by atoms with Crippen molar-refractivity contribution in [1.29, 1.82) is 0 Å². The second-order valence-electron chi connectivity index (χ2n) is 3.68. The highest BCUT2D eigenvalue weighted by Crippen LogP contribution is 2.29. The first-order valence-corrected chi connectivity index (χ1v) is 4.71. The topological polar surface area (TPSA) is 86.2 Å². The van der Waals surface area contributed by atoms with Crippen molar-refractivity contribution in [2.24, 2.45) is 23.3 Å². The molecule has 1 aliphatic carbocycles. The summed E-state index contributed by atoms with van der Waals surface area (Å²) in [5.41, 5.74) is 10.3. The Hall–Kier alpha value is -1.06. The van der Waals surface area contributed by atoms with Crippen molar-refractivity contribution in [3.05, 3.63) is 0 Å². The van der Waals surface area contributed by atoms with Crippen LogP contribution in [0.3, 0.4) is 0 Å². The summed E-state index contributed by atoms with van der Waals surface area (Å²) in [6.45, 7) is 0. The molecule has 0 heterocycles. The predicted molar refractivity (Wildman–Crippen MR) is 48.5 cm³/mol. The molecule has 0 aliphatic heterocycles. The molecule has 0 aromatic heterocycles. The molecule has 0 atom stereocenters. The third kappa shape index (κ3) is 2.44. The highest BCUT2D eigenvalue weighted by atomic mass is 16.2. The van der Waals surface area contributed by atoms with Crippen LogP contribution >= 0.6 is 0 Å². The zero-order chi connectivity index (χ0) is 9.84. The van der Waals surface area contributed by atoms with Gasteiger partial charge in [0.25, 0.3) is 0 Å². The summed E-state index contributed by atoms with van der Waals surface area (Å²) < 4.78 is 0. The normalized spacial score (nSPS) is 18.8. The van der Waals surface area contributed by atoms with Crippen molar-refractivity contribution in [3.8, 4) is 0 Å². The average molecular weight is 184 g/mol. The minimum atomic E-state index is -0.750. The van der Waals surface area contributed by atoms with Crippen LogP contribution < -0.4 is 11.5 Å². The molecule has 0 saturated heterocycles. The molecule has 2 amide bonds. The lowest BCUT2D eigenvalue weighted by molar-refractivity contribution is -0.134. The Morgan fingerprint density at radius 3 is 1.85 bits per heavy atom. The summed E-state index contributed by atoms with van der Waals surface area (Å²) in [5.74, 6) is -1.80. The fraction of sp³-hybridized carbons (Fsp3) is 0.778. The fourth-order valence-corrected chi connectivity index (χ4v) is 2.07. The SMILES string of the molecule is NC(=O)C(C(N)=O)C1CCCCC1. The molecule has 4 N–H and O–H groups in total. The molecule has 0 unspecified atom stereocenters. The van der Waals surface area contributed by atoms with E-state index in [9.17, 15) is 9.59 Å². The van der Waals surface area contributed by atoms with Gasteiger partial charge in [0.2, 0.25) is 11.8 Å². The number of carbonyl (C=O) groups excluding carboxylic acids is 2. The lowest BCUT2D eigenvalue weighted by atomic mass is 9.79. The van der Waals surface area contributed by atoms with Crippen molar-refractivity contribution in [3.63, 3.8) is 0 Å². The molecule has 0 bridgehead atoms. The van der Waals surface area contributed by atoms with Crippen molar-refractivity contribution in [1.82, 2.24) is 0 Å². The van der Waals surface area contributed by atoms with Crippen LogP contribution in [0.2, 0.25) is 0 Å². The van der Waals surface area contributed by atoms with Crippen LogP contribution in [0.15, 0.2) is 0 Å². The van der Waals surface area contributed by atoms with E-state index in [0.717, 1.165) is 25.7 Å². The van der Waals surface area contributed by atoms with E-state index in [1.54, 1.807) is 0 Å². The van der Waals surface area contributed by atoms with E-state index in [1.807, 2.05) is 0 Å². The van der Waals surface area contributed by atoms with E-state index in [2.05, 4.69) is 0 Å². The molecular weight excluding hydrogens is 168 g/mol. The predicted octanol–water partition coefficient (Wildman–Crippen LogP) is 0.153. The van der Waals surface area contributed by atoms with E-state index in [0.29, 0.717) is 0 Å². The fourth-order valence-electron chi connectivity index (χ4n) is 2.07. The van der Waals surface area contributed by atoms with Gasteiger partial charge in [-0.05, 0) is 18.8 Å². The summed E-state index contributed by atoms with van der Waals surface area (Å²) in [7, 11) is 0. The van der Waals surface area contributed by atoms with Crippen molar-refractivity contribution in [2.75, 3.05) is 0 Å². The Morgan fingerprint density at radius 2 is 1.46 bits per heavy atom. The van der Waals surface area contributed by atoms with Crippen LogP contribution in [0.25, 0.3) is 0 Å². The molecule has 74 valence electrons. The molecule has 0 aromatic carbocycles. The quantitative estimate of drug-likeness (QED) is 0.612. The van der Waals surface area contributed by atoms with Crippen LogP contribution in [-0.2, 0) is 9.59 Å². The molecule has 1 saturated carbocycles. The van der Waals surface area contributed by atoms with Gasteiger partial charge in [-0.3, -0.25) is 9.59 Å². The Kier molecular flexibility index (Phi) is 3.28. The first-order chi connectivity index (χ1) is 6.13. The number of nitrogens with two attached hydrogens (primary N) is 2. The molecule has 4 heteroatoms. The molecule has 4 nitrogen and oxygen atoms in total. The maximum Gasteiger partial charge on any atom is 0.230 e. The van der Waals surface area contributed by atoms with Crippen LogP contribution in [0.1, 0.15) is 32.1 Å². The second kappa shape index (κ2) is 4.25. The molecule has 0 spiro atoms. The van der Waals surface area contributed by atoms with Crippen LogP contribution in [-0.4, -0.2) is 11.8 Å². The summed E-state index contributed by atoms with van der Waals surface area (Å²) in [5, 5.41) is 0. The zero-order valence-corrected chi connectivity index (χ0v) is 7.66. The second-order valence-corrected chi connectivity index (χ2v) is 3.68. The number of hydrogen-bond acceptors (Lipinski definition) is 2. The standard InChI is InChI=1S/C9H16N2O2/c10-8(12)7(9(11)13)6-4-2-1-3-5-6/h6-7H,1-5H2,(H2,10,12)(H2,11,13). The number of amides is 2. The Labute approximate surface area is 77.7 Å². The molecular formula is C9H16N2O2. The first-order valence-electron chi connectivity index (χ1n) is 4.71. The third-order valence-electron chi connectivity index (χ3n) is 2.73. The first kappa shape index (κ1) is 10.0. The zero-order valence-electron chi connectivity index (χ0n) is 7.66.